The fraction of sp³-hybridized carbons (Fsp3) is 0.333. The van der Waals surface area contributed by atoms with Gasteiger partial charge in [-0.15, -0.1) is 0 Å². The topological polar surface area (TPSA) is 94.8 Å². The van der Waals surface area contributed by atoms with Crippen molar-refractivity contribution in [3.05, 3.63) is 72.2 Å². The average Bonchev–Trinajstić information content (AvgIpc) is 3.18. The molecule has 3 N–H and O–H groups in total. The third kappa shape index (κ3) is 5.16. The van der Waals surface area contributed by atoms with Gasteiger partial charge in [0, 0.05) is 31.0 Å². The maximum Gasteiger partial charge on any atom is 0.352 e. The third-order valence-corrected chi connectivity index (χ3v) is 5.05. The highest BCUT2D eigenvalue weighted by Gasteiger charge is 2.32. The Kier molecular flexibility index (Phi) is 6.37. The summed E-state index contributed by atoms with van der Waals surface area (Å²) in [5.74, 6) is -2.45. The minimum Gasteiger partial charge on any atom is -0.478 e. The molecule has 2 atom stereocenters. The van der Waals surface area contributed by atoms with Gasteiger partial charge in [-0.1, -0.05) is 30.3 Å². The third-order valence-electron chi connectivity index (χ3n) is 5.05. The summed E-state index contributed by atoms with van der Waals surface area (Å²) in [7, 11) is 0. The molecule has 0 amide bonds. The minimum absolute atomic E-state index is 0.0660. The molecule has 0 saturated carbocycles. The van der Waals surface area contributed by atoms with Crippen LogP contribution < -0.4 is 5.43 Å². The van der Waals surface area contributed by atoms with Gasteiger partial charge in [-0.25, -0.2) is 9.59 Å². The van der Waals surface area contributed by atoms with Crippen LogP contribution in [0.15, 0.2) is 66.6 Å². The Balaban J connectivity index is 1.76. The van der Waals surface area contributed by atoms with Crippen molar-refractivity contribution in [3.63, 3.8) is 0 Å². The Labute approximate surface area is 163 Å². The van der Waals surface area contributed by atoms with Crippen molar-refractivity contribution in [2.75, 3.05) is 12.0 Å². The molecule has 7 heteroatoms. The summed E-state index contributed by atoms with van der Waals surface area (Å²) in [6.45, 7) is 0.490. The Morgan fingerprint density at radius 2 is 1.82 bits per heavy atom. The maximum absolute atomic E-state index is 11.7. The van der Waals surface area contributed by atoms with Crippen LogP contribution in [0, 0.1) is 0 Å². The van der Waals surface area contributed by atoms with E-state index in [1.807, 2.05) is 59.5 Å². The zero-order valence-corrected chi connectivity index (χ0v) is 15.6. The fourth-order valence-corrected chi connectivity index (χ4v) is 3.75. The van der Waals surface area contributed by atoms with E-state index in [4.69, 9.17) is 5.11 Å². The van der Waals surface area contributed by atoms with Gasteiger partial charge in [0.1, 0.15) is 5.70 Å². The molecule has 1 fully saturated rings. The van der Waals surface area contributed by atoms with Gasteiger partial charge in [0.2, 0.25) is 0 Å². The van der Waals surface area contributed by atoms with Gasteiger partial charge in [-0.05, 0) is 43.4 Å². The van der Waals surface area contributed by atoms with Gasteiger partial charge in [-0.3, -0.25) is 4.68 Å². The normalized spacial score (nSPS) is 20.0. The predicted molar refractivity (Wildman–Crippen MR) is 105 cm³/mol. The number of rotatable bonds is 8. The van der Waals surface area contributed by atoms with E-state index in [-0.39, 0.29) is 17.8 Å². The number of carboxylic acids is 2. The number of aliphatic carboxylic acids is 2. The molecule has 1 aromatic carbocycles. The van der Waals surface area contributed by atoms with Gasteiger partial charge in [-0.2, -0.15) is 0 Å². The maximum atomic E-state index is 11.7. The summed E-state index contributed by atoms with van der Waals surface area (Å²) < 4.78 is 1.90. The summed E-state index contributed by atoms with van der Waals surface area (Å²) >= 11 is 0. The summed E-state index contributed by atoms with van der Waals surface area (Å²) in [6, 6.07) is 14.0. The molecule has 148 valence electrons. The van der Waals surface area contributed by atoms with Crippen LogP contribution in [0.4, 0.5) is 0 Å². The average molecular weight is 383 g/mol. The molecule has 1 aliphatic heterocycles. The van der Waals surface area contributed by atoms with Gasteiger partial charge in [0.25, 0.3) is 0 Å². The summed E-state index contributed by atoms with van der Waals surface area (Å²) in [5, 5.41) is 18.7. The molecular weight excluding hydrogens is 358 g/mol. The first-order chi connectivity index (χ1) is 13.5. The first-order valence-electron chi connectivity index (χ1n) is 9.41. The quantitative estimate of drug-likeness (QED) is 0.607. The van der Waals surface area contributed by atoms with Crippen molar-refractivity contribution >= 4 is 11.9 Å². The molecule has 28 heavy (non-hydrogen) atoms. The van der Waals surface area contributed by atoms with E-state index in [1.54, 1.807) is 4.90 Å². The number of nitrogens with one attached hydrogen (secondary N) is 1. The molecule has 0 bridgehead atoms. The van der Waals surface area contributed by atoms with E-state index in [9.17, 15) is 14.7 Å². The van der Waals surface area contributed by atoms with Crippen molar-refractivity contribution in [1.82, 2.24) is 9.58 Å². The van der Waals surface area contributed by atoms with E-state index in [2.05, 4.69) is 5.43 Å². The Morgan fingerprint density at radius 1 is 1.11 bits per heavy atom. The lowest BCUT2D eigenvalue weighted by Gasteiger charge is -2.41. The van der Waals surface area contributed by atoms with E-state index >= 15 is 0 Å². The number of carboxylic acid groups (broad SMARTS) is 2. The molecule has 1 aliphatic rings. The van der Waals surface area contributed by atoms with Gasteiger partial charge >= 0.3 is 11.9 Å². The summed E-state index contributed by atoms with van der Waals surface area (Å²) in [4.78, 5) is 24.6. The number of hydrogen-bond acceptors (Lipinski definition) is 4. The predicted octanol–water partition coefficient (Wildman–Crippen LogP) is 2.55. The largest absolute Gasteiger partial charge is 0.478 e. The highest BCUT2D eigenvalue weighted by atomic mass is 16.4. The standard InChI is InChI=1S/C21H25N3O4/c25-20(26)15-19(21(27)28)24-13-10-17(22-23-11-4-5-12-23)14-18(24)9-8-16-6-2-1-3-7-16/h1-7,11-12,15,17-18,22H,8-10,13-14H2,(H,25,26)(H,27,28)/b19-15-. The Hall–Kier alpha value is -3.22. The number of benzene rings is 1. The van der Waals surface area contributed by atoms with Crippen molar-refractivity contribution in [1.29, 1.82) is 0 Å². The van der Waals surface area contributed by atoms with Gasteiger partial charge < -0.3 is 20.5 Å². The van der Waals surface area contributed by atoms with Crippen LogP contribution in [0.25, 0.3) is 0 Å². The van der Waals surface area contributed by atoms with Crippen LogP contribution in [0.1, 0.15) is 24.8 Å². The monoisotopic (exact) mass is 383 g/mol. The molecule has 2 heterocycles. The van der Waals surface area contributed by atoms with Crippen LogP contribution in [-0.2, 0) is 16.0 Å². The van der Waals surface area contributed by atoms with Crippen LogP contribution in [0.2, 0.25) is 0 Å². The zero-order valence-electron chi connectivity index (χ0n) is 15.6. The van der Waals surface area contributed by atoms with E-state index < -0.39 is 11.9 Å². The lowest BCUT2D eigenvalue weighted by atomic mass is 9.92. The molecule has 1 saturated heterocycles. The van der Waals surface area contributed by atoms with Crippen LogP contribution in [-0.4, -0.2) is 50.4 Å². The lowest BCUT2D eigenvalue weighted by molar-refractivity contribution is -0.137. The SMILES string of the molecule is O=C(O)/C=C(/C(=O)O)N1CCC(Nn2cccc2)CC1CCc1ccccc1. The second kappa shape index (κ2) is 9.12. The van der Waals surface area contributed by atoms with Crippen molar-refractivity contribution < 1.29 is 19.8 Å². The molecule has 0 radical (unpaired) electrons. The number of aryl methyl sites for hydroxylation is 1. The molecule has 7 nitrogen and oxygen atoms in total. The van der Waals surface area contributed by atoms with Crippen LogP contribution in [0.5, 0.6) is 0 Å². The molecule has 2 unspecified atom stereocenters. The van der Waals surface area contributed by atoms with E-state index in [0.29, 0.717) is 6.54 Å². The van der Waals surface area contributed by atoms with Crippen molar-refractivity contribution in [3.8, 4) is 0 Å². The summed E-state index contributed by atoms with van der Waals surface area (Å²) in [6.07, 6.45) is 7.67. The highest BCUT2D eigenvalue weighted by Crippen LogP contribution is 2.26. The van der Waals surface area contributed by atoms with Crippen molar-refractivity contribution in [2.45, 2.75) is 37.8 Å². The van der Waals surface area contributed by atoms with Crippen LogP contribution >= 0.6 is 0 Å². The molecule has 1 aromatic heterocycles. The Bertz CT molecular complexity index is 817. The zero-order chi connectivity index (χ0) is 19.9. The molecule has 2 aromatic rings. The molecule has 3 rings (SSSR count). The first kappa shape index (κ1) is 19.5. The van der Waals surface area contributed by atoms with Crippen LogP contribution in [0.3, 0.4) is 0 Å². The molecule has 0 spiro atoms. The number of likely N-dealkylation sites (tertiary alicyclic amines) is 1. The number of carbonyl (C=O) groups is 2. The Morgan fingerprint density at radius 3 is 2.46 bits per heavy atom. The first-order valence-corrected chi connectivity index (χ1v) is 9.41. The number of nitrogens with zero attached hydrogens (tertiary/aromatic N) is 2. The lowest BCUT2D eigenvalue weighted by Crippen LogP contribution is -2.48. The fourth-order valence-electron chi connectivity index (χ4n) is 3.75. The van der Waals surface area contributed by atoms with Crippen molar-refractivity contribution in [2.24, 2.45) is 0 Å². The molecule has 0 aliphatic carbocycles. The smallest absolute Gasteiger partial charge is 0.352 e. The number of piperidine rings is 1. The second-order valence-corrected chi connectivity index (χ2v) is 6.99. The number of hydrogen-bond donors (Lipinski definition) is 3. The number of aromatic nitrogens is 1. The highest BCUT2D eigenvalue weighted by molar-refractivity contribution is 5.94. The minimum atomic E-state index is -1.24. The van der Waals surface area contributed by atoms with Gasteiger partial charge in [0.05, 0.1) is 6.08 Å². The van der Waals surface area contributed by atoms with Gasteiger partial charge in [0.15, 0.2) is 0 Å². The molecular formula is C21H25N3O4. The van der Waals surface area contributed by atoms with E-state index in [1.165, 1.54) is 5.56 Å². The second-order valence-electron chi connectivity index (χ2n) is 6.99. The van der Waals surface area contributed by atoms with E-state index in [0.717, 1.165) is 31.8 Å². The summed E-state index contributed by atoms with van der Waals surface area (Å²) in [5.41, 5.74) is 4.46.